The predicted octanol–water partition coefficient (Wildman–Crippen LogP) is 2.26. The molecule has 0 bridgehead atoms. The molecule has 1 aromatic carbocycles. The second-order valence-corrected chi connectivity index (χ2v) is 6.52. The monoisotopic (exact) mass is 285 g/mol. The van der Waals surface area contributed by atoms with Crippen molar-refractivity contribution in [2.24, 2.45) is 5.92 Å². The van der Waals surface area contributed by atoms with Crippen LogP contribution in [0.2, 0.25) is 0 Å². The highest BCUT2D eigenvalue weighted by Crippen LogP contribution is 2.13. The third-order valence-corrected chi connectivity index (χ3v) is 2.94. The summed E-state index contributed by atoms with van der Waals surface area (Å²) in [5.74, 6) is 0.0174. The minimum absolute atomic E-state index is 0.331. The highest BCUT2D eigenvalue weighted by molar-refractivity contribution is 7.92. The lowest BCUT2D eigenvalue weighted by molar-refractivity contribution is 0.0488. The summed E-state index contributed by atoms with van der Waals surface area (Å²) in [7, 11) is -3.35. The van der Waals surface area contributed by atoms with Crippen LogP contribution in [0, 0.1) is 5.92 Å². The number of hydrogen-bond donors (Lipinski definition) is 1. The molecular weight excluding hydrogens is 266 g/mol. The number of esters is 1. The fourth-order valence-electron chi connectivity index (χ4n) is 1.39. The number of anilines is 1. The zero-order valence-corrected chi connectivity index (χ0v) is 12.2. The third kappa shape index (κ3) is 6.24. The van der Waals surface area contributed by atoms with Crippen LogP contribution in [-0.4, -0.2) is 27.2 Å². The molecule has 0 saturated carbocycles. The van der Waals surface area contributed by atoms with Gasteiger partial charge in [-0.15, -0.1) is 0 Å². The first-order valence-corrected chi connectivity index (χ1v) is 7.92. The fraction of sp³-hybridized carbons (Fsp3) is 0.462. The highest BCUT2D eigenvalue weighted by atomic mass is 32.2. The van der Waals surface area contributed by atoms with Gasteiger partial charge in [-0.1, -0.05) is 19.9 Å². The standard InChI is InChI=1S/C13H19NO4S/c1-10(2)7-8-18-13(15)11-5-4-6-12(9-11)14-19(3,16)17/h4-6,9-10,14H,7-8H2,1-3H3. The fourth-order valence-corrected chi connectivity index (χ4v) is 1.95. The lowest BCUT2D eigenvalue weighted by Gasteiger charge is -2.08. The van der Waals surface area contributed by atoms with E-state index in [-0.39, 0.29) is 0 Å². The molecule has 0 radical (unpaired) electrons. The second-order valence-electron chi connectivity index (χ2n) is 4.77. The summed E-state index contributed by atoms with van der Waals surface area (Å²) in [4.78, 5) is 11.7. The van der Waals surface area contributed by atoms with E-state index in [2.05, 4.69) is 4.72 Å². The second kappa shape index (κ2) is 6.56. The molecule has 0 fully saturated rings. The van der Waals surface area contributed by atoms with Gasteiger partial charge in [-0.25, -0.2) is 13.2 Å². The van der Waals surface area contributed by atoms with Crippen LogP contribution in [0.3, 0.4) is 0 Å². The van der Waals surface area contributed by atoms with Crippen LogP contribution in [0.5, 0.6) is 0 Å². The highest BCUT2D eigenvalue weighted by Gasteiger charge is 2.09. The van der Waals surface area contributed by atoms with Crippen molar-refractivity contribution in [3.05, 3.63) is 29.8 Å². The van der Waals surface area contributed by atoms with Crippen LogP contribution in [0.15, 0.2) is 24.3 Å². The van der Waals surface area contributed by atoms with E-state index in [0.717, 1.165) is 12.7 Å². The molecule has 1 N–H and O–H groups in total. The van der Waals surface area contributed by atoms with Gasteiger partial charge < -0.3 is 4.74 Å². The van der Waals surface area contributed by atoms with Crippen LogP contribution in [-0.2, 0) is 14.8 Å². The maximum absolute atomic E-state index is 11.7. The maximum Gasteiger partial charge on any atom is 0.338 e. The predicted molar refractivity (Wildman–Crippen MR) is 74.6 cm³/mol. The van der Waals surface area contributed by atoms with Gasteiger partial charge in [-0.05, 0) is 30.5 Å². The average Bonchev–Trinajstić information content (AvgIpc) is 2.26. The molecule has 1 aromatic rings. The Balaban J connectivity index is 2.68. The van der Waals surface area contributed by atoms with Crippen molar-refractivity contribution in [3.63, 3.8) is 0 Å². The molecule has 0 atom stereocenters. The lowest BCUT2D eigenvalue weighted by atomic mass is 10.1. The Morgan fingerprint density at radius 3 is 2.63 bits per heavy atom. The molecule has 0 aliphatic rings. The quantitative estimate of drug-likeness (QED) is 0.814. The van der Waals surface area contributed by atoms with Crippen LogP contribution in [0.25, 0.3) is 0 Å². The number of benzene rings is 1. The van der Waals surface area contributed by atoms with Crippen molar-refractivity contribution in [3.8, 4) is 0 Å². The van der Waals surface area contributed by atoms with Crippen molar-refractivity contribution in [1.29, 1.82) is 0 Å². The molecule has 6 heteroatoms. The molecule has 5 nitrogen and oxygen atoms in total. The smallest absolute Gasteiger partial charge is 0.338 e. The number of nitrogens with one attached hydrogen (secondary N) is 1. The summed E-state index contributed by atoms with van der Waals surface area (Å²) < 4.78 is 29.6. The molecule has 0 unspecified atom stereocenters. The number of carbonyl (C=O) groups is 1. The Morgan fingerprint density at radius 1 is 1.37 bits per heavy atom. The molecule has 0 heterocycles. The summed E-state index contributed by atoms with van der Waals surface area (Å²) in [6, 6.07) is 6.22. The summed E-state index contributed by atoms with van der Waals surface area (Å²) in [6.07, 6.45) is 1.85. The van der Waals surface area contributed by atoms with Crippen LogP contribution >= 0.6 is 0 Å². The summed E-state index contributed by atoms with van der Waals surface area (Å²) >= 11 is 0. The van der Waals surface area contributed by atoms with Gasteiger partial charge in [0.2, 0.25) is 10.0 Å². The van der Waals surface area contributed by atoms with Gasteiger partial charge in [0, 0.05) is 5.69 Å². The number of hydrogen-bond acceptors (Lipinski definition) is 4. The number of sulfonamides is 1. The van der Waals surface area contributed by atoms with E-state index in [9.17, 15) is 13.2 Å². The molecule has 0 spiro atoms. The molecule has 0 saturated heterocycles. The van der Waals surface area contributed by atoms with E-state index in [0.29, 0.717) is 23.8 Å². The molecule has 0 aliphatic heterocycles. The summed E-state index contributed by atoms with van der Waals surface area (Å²) in [5, 5.41) is 0. The zero-order chi connectivity index (χ0) is 14.5. The topological polar surface area (TPSA) is 72.5 Å². The maximum atomic E-state index is 11.7. The van der Waals surface area contributed by atoms with E-state index < -0.39 is 16.0 Å². The van der Waals surface area contributed by atoms with Gasteiger partial charge in [0.25, 0.3) is 0 Å². The molecule has 0 aliphatic carbocycles. The van der Waals surface area contributed by atoms with Crippen molar-refractivity contribution < 1.29 is 17.9 Å². The SMILES string of the molecule is CC(C)CCOC(=O)c1cccc(NS(C)(=O)=O)c1. The first kappa shape index (κ1) is 15.5. The van der Waals surface area contributed by atoms with E-state index in [4.69, 9.17) is 4.74 Å². The van der Waals surface area contributed by atoms with Crippen LogP contribution in [0.4, 0.5) is 5.69 Å². The van der Waals surface area contributed by atoms with Gasteiger partial charge in [0.05, 0.1) is 18.4 Å². The number of rotatable bonds is 6. The largest absolute Gasteiger partial charge is 0.462 e. The van der Waals surface area contributed by atoms with Gasteiger partial charge in [-0.2, -0.15) is 0 Å². The number of ether oxygens (including phenoxy) is 1. The average molecular weight is 285 g/mol. The molecule has 106 valence electrons. The molecule has 1 rings (SSSR count). The van der Waals surface area contributed by atoms with Gasteiger partial charge in [0.1, 0.15) is 0 Å². The molecular formula is C13H19NO4S. The molecule has 19 heavy (non-hydrogen) atoms. The first-order chi connectivity index (χ1) is 8.78. The van der Waals surface area contributed by atoms with E-state index in [1.165, 1.54) is 6.07 Å². The van der Waals surface area contributed by atoms with Gasteiger partial charge in [0.15, 0.2) is 0 Å². The Labute approximate surface area is 114 Å². The minimum Gasteiger partial charge on any atom is -0.462 e. The van der Waals surface area contributed by atoms with Crippen molar-refractivity contribution in [2.45, 2.75) is 20.3 Å². The first-order valence-electron chi connectivity index (χ1n) is 6.03. The van der Waals surface area contributed by atoms with E-state index in [1.54, 1.807) is 18.2 Å². The number of carbonyl (C=O) groups excluding carboxylic acids is 1. The Kier molecular flexibility index (Phi) is 5.35. The van der Waals surface area contributed by atoms with Gasteiger partial charge >= 0.3 is 5.97 Å². The van der Waals surface area contributed by atoms with E-state index >= 15 is 0 Å². The molecule has 0 amide bonds. The van der Waals surface area contributed by atoms with Crippen LogP contribution in [0.1, 0.15) is 30.6 Å². The zero-order valence-electron chi connectivity index (χ0n) is 11.3. The Bertz CT molecular complexity index is 537. The molecule has 0 aromatic heterocycles. The van der Waals surface area contributed by atoms with Crippen molar-refractivity contribution >= 4 is 21.7 Å². The third-order valence-electron chi connectivity index (χ3n) is 2.33. The van der Waals surface area contributed by atoms with E-state index in [1.807, 2.05) is 13.8 Å². The van der Waals surface area contributed by atoms with Gasteiger partial charge in [-0.3, -0.25) is 4.72 Å². The van der Waals surface area contributed by atoms with Crippen molar-refractivity contribution in [2.75, 3.05) is 17.6 Å². The lowest BCUT2D eigenvalue weighted by Crippen LogP contribution is -2.11. The summed E-state index contributed by atoms with van der Waals surface area (Å²) in [5.41, 5.74) is 0.679. The minimum atomic E-state index is -3.35. The summed E-state index contributed by atoms with van der Waals surface area (Å²) in [6.45, 7) is 4.45. The Morgan fingerprint density at radius 2 is 2.05 bits per heavy atom. The Hall–Kier alpha value is -1.56. The normalized spacial score (nSPS) is 11.4. The van der Waals surface area contributed by atoms with Crippen molar-refractivity contribution in [1.82, 2.24) is 0 Å². The van der Waals surface area contributed by atoms with Crippen LogP contribution < -0.4 is 4.72 Å².